The minimum absolute atomic E-state index is 0.484. The Hall–Kier alpha value is -1.36. The predicted octanol–water partition coefficient (Wildman–Crippen LogP) is 2.37. The molecule has 1 N–H and O–H groups in total. The Balaban J connectivity index is 2.21. The van der Waals surface area contributed by atoms with E-state index in [0.29, 0.717) is 5.25 Å². The maximum absolute atomic E-state index is 4.35. The number of hydrogen-bond donors (Lipinski definition) is 1. The second-order valence-electron chi connectivity index (χ2n) is 3.35. The van der Waals surface area contributed by atoms with Crippen molar-refractivity contribution in [2.24, 2.45) is 0 Å². The molecule has 0 saturated heterocycles. The zero-order chi connectivity index (χ0) is 10.7. The average molecular weight is 220 g/mol. The van der Waals surface area contributed by atoms with E-state index in [9.17, 15) is 0 Å². The van der Waals surface area contributed by atoms with Gasteiger partial charge in [-0.05, 0) is 12.1 Å². The Morgan fingerprint density at radius 3 is 2.87 bits per heavy atom. The summed E-state index contributed by atoms with van der Waals surface area (Å²) in [5.74, 6) is 0.721. The number of nitrogens with one attached hydrogen (secondary N) is 1. The van der Waals surface area contributed by atoms with Gasteiger partial charge in [-0.15, -0.1) is 5.10 Å². The summed E-state index contributed by atoms with van der Waals surface area (Å²) in [6.07, 6.45) is 1.74. The Morgan fingerprint density at radius 1 is 1.33 bits per heavy atom. The lowest BCUT2D eigenvalue weighted by Gasteiger charge is -1.96. The molecule has 0 fully saturated rings. The van der Waals surface area contributed by atoms with Crippen molar-refractivity contribution in [2.45, 2.75) is 24.3 Å². The molecule has 0 aliphatic heterocycles. The highest BCUT2D eigenvalue weighted by Gasteiger charge is 2.07. The van der Waals surface area contributed by atoms with Gasteiger partial charge in [-0.25, -0.2) is 0 Å². The summed E-state index contributed by atoms with van der Waals surface area (Å²) >= 11 is 1.63. The Morgan fingerprint density at radius 2 is 2.20 bits per heavy atom. The minimum Gasteiger partial charge on any atom is -0.257 e. The lowest BCUT2D eigenvalue weighted by molar-refractivity contribution is 0.961. The maximum Gasteiger partial charge on any atom is 0.209 e. The third-order valence-electron chi connectivity index (χ3n) is 1.71. The molecule has 0 radical (unpaired) electrons. The third kappa shape index (κ3) is 2.56. The number of rotatable bonds is 3. The van der Waals surface area contributed by atoms with E-state index in [2.05, 4.69) is 34.0 Å². The molecule has 0 unspecified atom stereocenters. The van der Waals surface area contributed by atoms with Crippen molar-refractivity contribution in [2.75, 3.05) is 0 Å². The average Bonchev–Trinajstić information content (AvgIpc) is 2.67. The lowest BCUT2D eigenvalue weighted by atomic mass is 10.3. The Kier molecular flexibility index (Phi) is 3.01. The molecule has 0 aromatic carbocycles. The van der Waals surface area contributed by atoms with Crippen molar-refractivity contribution in [1.29, 1.82) is 0 Å². The first-order chi connectivity index (χ1) is 7.25. The van der Waals surface area contributed by atoms with Gasteiger partial charge in [0.2, 0.25) is 5.16 Å². The normalized spacial score (nSPS) is 10.9. The van der Waals surface area contributed by atoms with Crippen molar-refractivity contribution < 1.29 is 0 Å². The van der Waals surface area contributed by atoms with Crippen LogP contribution in [0.3, 0.4) is 0 Å². The molecule has 0 aliphatic carbocycles. The minimum atomic E-state index is 0.484. The van der Waals surface area contributed by atoms with Gasteiger partial charge in [0.05, 0.1) is 0 Å². The molecule has 0 spiro atoms. The SMILES string of the molecule is CC(C)Sc1n[nH]c(-c2ccccn2)n1. The van der Waals surface area contributed by atoms with Crippen molar-refractivity contribution in [1.82, 2.24) is 20.2 Å². The van der Waals surface area contributed by atoms with Crippen LogP contribution in [-0.4, -0.2) is 25.4 Å². The third-order valence-corrected chi connectivity index (χ3v) is 2.58. The lowest BCUT2D eigenvalue weighted by Crippen LogP contribution is -1.87. The largest absolute Gasteiger partial charge is 0.257 e. The number of nitrogens with zero attached hydrogens (tertiary/aromatic N) is 3. The molecule has 2 aromatic heterocycles. The van der Waals surface area contributed by atoms with E-state index in [1.165, 1.54) is 0 Å². The van der Waals surface area contributed by atoms with Gasteiger partial charge in [0.1, 0.15) is 5.69 Å². The second kappa shape index (κ2) is 4.44. The number of aromatic nitrogens is 4. The van der Waals surface area contributed by atoms with E-state index in [-0.39, 0.29) is 0 Å². The van der Waals surface area contributed by atoms with E-state index in [1.807, 2.05) is 18.2 Å². The van der Waals surface area contributed by atoms with Crippen LogP contribution in [-0.2, 0) is 0 Å². The predicted molar refractivity (Wildman–Crippen MR) is 60.6 cm³/mol. The van der Waals surface area contributed by atoms with Gasteiger partial charge >= 0.3 is 0 Å². The van der Waals surface area contributed by atoms with Gasteiger partial charge in [0.15, 0.2) is 5.82 Å². The summed E-state index contributed by atoms with van der Waals surface area (Å²) in [6, 6.07) is 5.72. The van der Waals surface area contributed by atoms with Crippen LogP contribution in [0, 0.1) is 0 Å². The number of hydrogen-bond acceptors (Lipinski definition) is 4. The van der Waals surface area contributed by atoms with Crippen LogP contribution < -0.4 is 0 Å². The molecule has 2 heterocycles. The van der Waals surface area contributed by atoms with Gasteiger partial charge in [-0.3, -0.25) is 10.1 Å². The summed E-state index contributed by atoms with van der Waals surface area (Å²) < 4.78 is 0. The van der Waals surface area contributed by atoms with Crippen LogP contribution in [0.25, 0.3) is 11.5 Å². The van der Waals surface area contributed by atoms with Gasteiger partial charge in [0, 0.05) is 11.4 Å². The van der Waals surface area contributed by atoms with Crippen molar-refractivity contribution in [3.05, 3.63) is 24.4 Å². The first-order valence-corrected chi connectivity index (χ1v) is 5.64. The summed E-state index contributed by atoms with van der Waals surface area (Å²) in [7, 11) is 0. The number of aromatic amines is 1. The summed E-state index contributed by atoms with van der Waals surface area (Å²) in [5.41, 5.74) is 0.820. The van der Waals surface area contributed by atoms with E-state index < -0.39 is 0 Å². The van der Waals surface area contributed by atoms with Gasteiger partial charge < -0.3 is 0 Å². The molecule has 15 heavy (non-hydrogen) atoms. The van der Waals surface area contributed by atoms with E-state index in [4.69, 9.17) is 0 Å². The topological polar surface area (TPSA) is 54.5 Å². The number of pyridine rings is 1. The highest BCUT2D eigenvalue weighted by atomic mass is 32.2. The molecule has 78 valence electrons. The van der Waals surface area contributed by atoms with Crippen molar-refractivity contribution in [3.63, 3.8) is 0 Å². The van der Waals surface area contributed by atoms with E-state index in [0.717, 1.165) is 16.7 Å². The number of H-pyrrole nitrogens is 1. The molecule has 0 atom stereocenters. The molecular weight excluding hydrogens is 208 g/mol. The second-order valence-corrected chi connectivity index (χ2v) is 4.89. The highest BCUT2D eigenvalue weighted by molar-refractivity contribution is 7.99. The molecule has 0 saturated carbocycles. The fourth-order valence-electron chi connectivity index (χ4n) is 1.13. The molecule has 2 rings (SSSR count). The van der Waals surface area contributed by atoms with Crippen LogP contribution in [0.5, 0.6) is 0 Å². The smallest absolute Gasteiger partial charge is 0.209 e. The van der Waals surface area contributed by atoms with Crippen LogP contribution >= 0.6 is 11.8 Å². The van der Waals surface area contributed by atoms with Gasteiger partial charge in [0.25, 0.3) is 0 Å². The Bertz CT molecular complexity index is 424. The highest BCUT2D eigenvalue weighted by Crippen LogP contribution is 2.20. The van der Waals surface area contributed by atoms with Crippen molar-refractivity contribution >= 4 is 11.8 Å². The van der Waals surface area contributed by atoms with E-state index in [1.54, 1.807) is 18.0 Å². The maximum atomic E-state index is 4.35. The van der Waals surface area contributed by atoms with Crippen LogP contribution in [0.2, 0.25) is 0 Å². The fraction of sp³-hybridized carbons (Fsp3) is 0.300. The number of thioether (sulfide) groups is 1. The summed E-state index contributed by atoms with van der Waals surface area (Å²) in [6.45, 7) is 4.23. The van der Waals surface area contributed by atoms with Gasteiger partial charge in [-0.2, -0.15) is 4.98 Å². The molecule has 0 aliphatic rings. The monoisotopic (exact) mass is 220 g/mol. The quantitative estimate of drug-likeness (QED) is 0.807. The first-order valence-electron chi connectivity index (χ1n) is 4.76. The Labute approximate surface area is 92.5 Å². The fourth-order valence-corrected chi connectivity index (χ4v) is 1.79. The first kappa shape index (κ1) is 10.2. The van der Waals surface area contributed by atoms with E-state index >= 15 is 0 Å². The molecular formula is C10H12N4S. The summed E-state index contributed by atoms with van der Waals surface area (Å²) in [5, 5.41) is 8.26. The molecule has 5 heteroatoms. The van der Waals surface area contributed by atoms with Crippen LogP contribution in [0.15, 0.2) is 29.6 Å². The molecule has 2 aromatic rings. The zero-order valence-corrected chi connectivity index (χ0v) is 9.45. The molecule has 4 nitrogen and oxygen atoms in total. The van der Waals surface area contributed by atoms with Crippen molar-refractivity contribution in [3.8, 4) is 11.5 Å². The molecule has 0 amide bonds. The van der Waals surface area contributed by atoms with Crippen LogP contribution in [0.1, 0.15) is 13.8 Å². The zero-order valence-electron chi connectivity index (χ0n) is 8.64. The standard InChI is InChI=1S/C10H12N4S/c1-7(2)15-10-12-9(13-14-10)8-5-3-4-6-11-8/h3-7H,1-2H3,(H,12,13,14). The summed E-state index contributed by atoms with van der Waals surface area (Å²) in [4.78, 5) is 8.55. The molecule has 0 bridgehead atoms. The van der Waals surface area contributed by atoms with Gasteiger partial charge in [-0.1, -0.05) is 31.7 Å². The van der Waals surface area contributed by atoms with Crippen LogP contribution in [0.4, 0.5) is 0 Å².